The van der Waals surface area contributed by atoms with Gasteiger partial charge in [0.25, 0.3) is 0 Å². The van der Waals surface area contributed by atoms with Crippen LogP contribution >= 0.6 is 0 Å². The van der Waals surface area contributed by atoms with Gasteiger partial charge in [-0.1, -0.05) is 114 Å². The number of methoxy groups -OCH3 is 1. The van der Waals surface area contributed by atoms with Crippen molar-refractivity contribution in [3.05, 3.63) is 20.9 Å². The summed E-state index contributed by atoms with van der Waals surface area (Å²) >= 11 is 0. The van der Waals surface area contributed by atoms with Crippen LogP contribution < -0.4 is 0 Å². The quantitative estimate of drug-likeness (QED) is 0.0526. The lowest BCUT2D eigenvalue weighted by Gasteiger charge is -2.42. The summed E-state index contributed by atoms with van der Waals surface area (Å²) in [4.78, 5) is 5.82. The fourth-order valence-corrected chi connectivity index (χ4v) is 4.96. The van der Waals surface area contributed by atoms with E-state index in [-0.39, 0.29) is 37.2 Å². The van der Waals surface area contributed by atoms with Crippen molar-refractivity contribution in [1.29, 1.82) is 0 Å². The Morgan fingerprint density at radius 2 is 1.37 bits per heavy atom. The second-order valence-electron chi connectivity index (χ2n) is 10.7. The second kappa shape index (κ2) is 23.4. The Balaban J connectivity index is 2.15. The van der Waals surface area contributed by atoms with E-state index in [1.807, 2.05) is 13.8 Å². The van der Waals surface area contributed by atoms with Gasteiger partial charge in [-0.3, -0.25) is 0 Å². The van der Waals surface area contributed by atoms with E-state index in [0.29, 0.717) is 13.2 Å². The van der Waals surface area contributed by atoms with Crippen molar-refractivity contribution in [3.63, 3.8) is 0 Å². The van der Waals surface area contributed by atoms with Crippen LogP contribution in [0.5, 0.6) is 0 Å². The molecule has 0 radical (unpaired) electrons. The molecule has 1 heterocycles. The third-order valence-electron chi connectivity index (χ3n) is 7.78. The Morgan fingerprint density at radius 1 is 0.789 bits per heavy atom. The highest BCUT2D eigenvalue weighted by molar-refractivity contribution is 4.90. The van der Waals surface area contributed by atoms with Crippen LogP contribution in [0, 0.1) is 11.8 Å². The highest BCUT2D eigenvalue weighted by atomic mass is 16.7. The highest BCUT2D eigenvalue weighted by Crippen LogP contribution is 2.33. The number of azide groups is 2. The summed E-state index contributed by atoms with van der Waals surface area (Å²) in [6, 6.07) is -0.466. The first-order valence-electron chi connectivity index (χ1n) is 15.0. The van der Waals surface area contributed by atoms with Crippen LogP contribution in [0.25, 0.3) is 20.9 Å². The number of unbranched alkanes of at least 4 members (excludes halogenated alkanes) is 13. The molecule has 38 heavy (non-hydrogen) atoms. The van der Waals surface area contributed by atoms with Crippen LogP contribution in [0.2, 0.25) is 0 Å². The van der Waals surface area contributed by atoms with Crippen molar-refractivity contribution in [3.8, 4) is 0 Å². The molecule has 10 heteroatoms. The summed E-state index contributed by atoms with van der Waals surface area (Å²) in [7, 11) is 1.63. The van der Waals surface area contributed by atoms with Gasteiger partial charge in [-0.25, -0.2) is 0 Å². The van der Waals surface area contributed by atoms with Crippen LogP contribution in [0.1, 0.15) is 111 Å². The number of nitrogens with zero attached hydrogens (tertiary/aromatic N) is 6. The number of rotatable bonds is 24. The number of hydrogen-bond donors (Lipinski definition) is 0. The maximum atomic E-state index is 9.02. The van der Waals surface area contributed by atoms with Gasteiger partial charge < -0.3 is 18.9 Å². The van der Waals surface area contributed by atoms with E-state index in [0.717, 1.165) is 6.42 Å². The summed E-state index contributed by atoms with van der Waals surface area (Å²) in [5, 5.41) is 7.57. The third kappa shape index (κ3) is 15.2. The molecule has 0 amide bonds. The first-order valence-corrected chi connectivity index (χ1v) is 15.0. The molecule has 0 aromatic heterocycles. The van der Waals surface area contributed by atoms with Crippen molar-refractivity contribution < 1.29 is 18.9 Å². The van der Waals surface area contributed by atoms with E-state index >= 15 is 0 Å². The van der Waals surface area contributed by atoms with E-state index in [1.165, 1.54) is 83.5 Å². The van der Waals surface area contributed by atoms with Crippen molar-refractivity contribution in [1.82, 2.24) is 0 Å². The standard InChI is InChI=1S/C28H54N6O4/c1-5-6-7-8-9-10-11-12-13-14-15-16-17-18-19-36-21-25(35-4)22-37-28-27(32-34-30)24(3)23(2)26(38-28)20-31-33-29/h23-28H,5-22H2,1-4H3/t23-,24-,25+,26?,27?,28-/m0/s1. The molecule has 1 aliphatic heterocycles. The Kier molecular flexibility index (Phi) is 21.2. The van der Waals surface area contributed by atoms with E-state index in [9.17, 15) is 0 Å². The van der Waals surface area contributed by atoms with Gasteiger partial charge in [-0.2, -0.15) is 0 Å². The Labute approximate surface area is 230 Å². The third-order valence-corrected chi connectivity index (χ3v) is 7.78. The zero-order valence-corrected chi connectivity index (χ0v) is 24.5. The molecule has 1 saturated heterocycles. The first kappa shape index (κ1) is 34.5. The van der Waals surface area contributed by atoms with Gasteiger partial charge in [-0.15, -0.1) is 0 Å². The van der Waals surface area contributed by atoms with Crippen molar-refractivity contribution in [2.45, 2.75) is 135 Å². The van der Waals surface area contributed by atoms with Gasteiger partial charge in [0.1, 0.15) is 6.10 Å². The molecule has 2 unspecified atom stereocenters. The minimum atomic E-state index is -0.723. The van der Waals surface area contributed by atoms with Gasteiger partial charge >= 0.3 is 0 Å². The molecule has 220 valence electrons. The minimum Gasteiger partial charge on any atom is -0.379 e. The molecule has 10 nitrogen and oxygen atoms in total. The highest BCUT2D eigenvalue weighted by Gasteiger charge is 2.41. The van der Waals surface area contributed by atoms with Crippen LogP contribution in [-0.4, -0.2) is 58.0 Å². The molecule has 1 rings (SSSR count). The van der Waals surface area contributed by atoms with Crippen LogP contribution in [-0.2, 0) is 18.9 Å². The molecule has 1 fully saturated rings. The number of hydrogen-bond acceptors (Lipinski definition) is 6. The normalized spacial score (nSPS) is 23.9. The van der Waals surface area contributed by atoms with E-state index < -0.39 is 12.3 Å². The van der Waals surface area contributed by atoms with Crippen molar-refractivity contribution >= 4 is 0 Å². The average Bonchev–Trinajstić information content (AvgIpc) is 2.92. The summed E-state index contributed by atoms with van der Waals surface area (Å²) in [5.41, 5.74) is 17.7. The molecule has 0 saturated carbocycles. The molecule has 0 aliphatic carbocycles. The summed E-state index contributed by atoms with van der Waals surface area (Å²) in [6.07, 6.45) is 17.4. The fraction of sp³-hybridized carbons (Fsp3) is 1.00. The van der Waals surface area contributed by atoms with Gasteiger partial charge in [0.15, 0.2) is 6.29 Å². The molecule has 6 atom stereocenters. The lowest BCUT2D eigenvalue weighted by atomic mass is 9.82. The maximum absolute atomic E-state index is 9.02. The molecule has 0 N–H and O–H groups in total. The van der Waals surface area contributed by atoms with Gasteiger partial charge in [-0.05, 0) is 29.3 Å². The van der Waals surface area contributed by atoms with Crippen LogP contribution in [0.15, 0.2) is 10.2 Å². The number of ether oxygens (including phenoxy) is 4. The van der Waals surface area contributed by atoms with Crippen molar-refractivity contribution in [2.24, 2.45) is 22.1 Å². The molecule has 0 bridgehead atoms. The fourth-order valence-electron chi connectivity index (χ4n) is 4.96. The SMILES string of the molecule is CCCCCCCCCCCCCCCCOC[C@H](CO[C@H]1OC(CN=[N+]=[N-])[C@@H](C)[C@H](C)C1N=[N+]=[N-])OC. The molecule has 0 spiro atoms. The molecule has 0 aromatic carbocycles. The predicted molar refractivity (Wildman–Crippen MR) is 152 cm³/mol. The zero-order valence-electron chi connectivity index (χ0n) is 24.5. The average molecular weight is 539 g/mol. The minimum absolute atomic E-state index is 0.0149. The predicted octanol–water partition coefficient (Wildman–Crippen LogP) is 8.50. The first-order chi connectivity index (χ1) is 18.6. The molecule has 0 aromatic rings. The lowest BCUT2D eigenvalue weighted by molar-refractivity contribution is -0.237. The van der Waals surface area contributed by atoms with E-state index in [2.05, 4.69) is 27.0 Å². The summed E-state index contributed by atoms with van der Waals surface area (Å²) in [5.74, 6) is 0.0728. The monoisotopic (exact) mass is 538 g/mol. The smallest absolute Gasteiger partial charge is 0.166 e. The van der Waals surface area contributed by atoms with Gasteiger partial charge in [0, 0.05) is 23.5 Å². The van der Waals surface area contributed by atoms with Crippen LogP contribution in [0.3, 0.4) is 0 Å². The summed E-state index contributed by atoms with van der Waals surface area (Å²) in [6.45, 7) is 7.88. The maximum Gasteiger partial charge on any atom is 0.166 e. The topological polar surface area (TPSA) is 134 Å². The Hall–Kier alpha value is -1.54. The molecule has 1 aliphatic rings. The van der Waals surface area contributed by atoms with Crippen molar-refractivity contribution in [2.75, 3.05) is 33.5 Å². The second-order valence-corrected chi connectivity index (χ2v) is 10.7. The Morgan fingerprint density at radius 3 is 1.89 bits per heavy atom. The van der Waals surface area contributed by atoms with Crippen LogP contribution in [0.4, 0.5) is 0 Å². The van der Waals surface area contributed by atoms with Gasteiger partial charge in [0.05, 0.1) is 31.9 Å². The van der Waals surface area contributed by atoms with E-state index in [1.54, 1.807) is 7.11 Å². The van der Waals surface area contributed by atoms with E-state index in [4.69, 9.17) is 30.0 Å². The Bertz CT molecular complexity index is 670. The summed E-state index contributed by atoms with van der Waals surface area (Å²) < 4.78 is 23.4. The molecular formula is C28H54N6O4. The lowest BCUT2D eigenvalue weighted by Crippen LogP contribution is -2.51. The van der Waals surface area contributed by atoms with Gasteiger partial charge in [0.2, 0.25) is 0 Å². The largest absolute Gasteiger partial charge is 0.379 e. The zero-order chi connectivity index (χ0) is 27.8. The molecular weight excluding hydrogens is 484 g/mol.